The smallest absolute Gasteiger partial charge is 0.263 e. The molecule has 2 N–H and O–H groups in total. The van der Waals surface area contributed by atoms with E-state index in [4.69, 9.17) is 0 Å². The highest BCUT2D eigenvalue weighted by atomic mass is 16.1. The Morgan fingerprint density at radius 3 is 2.27 bits per heavy atom. The lowest BCUT2D eigenvalue weighted by Gasteiger charge is -2.19. The molecule has 4 rings (SSSR count). The molecule has 6 heteroatoms. The minimum Gasteiger partial charge on any atom is -0.355 e. The molecule has 130 valence electrons. The first kappa shape index (κ1) is 16.1. The summed E-state index contributed by atoms with van der Waals surface area (Å²) in [5.74, 6) is 0.591. The average molecular weight is 345 g/mol. The van der Waals surface area contributed by atoms with Gasteiger partial charge < -0.3 is 5.32 Å². The predicted molar refractivity (Wildman–Crippen MR) is 102 cm³/mol. The molecule has 0 saturated carbocycles. The zero-order chi connectivity index (χ0) is 17.9. The highest BCUT2D eigenvalue weighted by Gasteiger charge is 2.15. The minimum atomic E-state index is -0.193. The Morgan fingerprint density at radius 2 is 1.65 bits per heavy atom. The summed E-state index contributed by atoms with van der Waals surface area (Å²) in [6, 6.07) is 20.6. The SMILES string of the molecule is Cn1ncc2c(=O)[nH]c(NCC(c3ccccc3)c3ccccc3)nc21. The second kappa shape index (κ2) is 6.84. The van der Waals surface area contributed by atoms with E-state index < -0.39 is 0 Å². The Balaban J connectivity index is 1.65. The van der Waals surface area contributed by atoms with Gasteiger partial charge in [-0.3, -0.25) is 14.5 Å². The van der Waals surface area contributed by atoms with Crippen molar-refractivity contribution in [3.8, 4) is 0 Å². The summed E-state index contributed by atoms with van der Waals surface area (Å²) in [5, 5.41) is 7.87. The first-order valence-corrected chi connectivity index (χ1v) is 8.48. The number of nitrogens with zero attached hydrogens (tertiary/aromatic N) is 3. The number of rotatable bonds is 5. The van der Waals surface area contributed by atoms with Crippen LogP contribution in [0.15, 0.2) is 71.7 Å². The third-order valence-electron chi connectivity index (χ3n) is 4.48. The number of aryl methyl sites for hydroxylation is 1. The Morgan fingerprint density at radius 1 is 1.04 bits per heavy atom. The van der Waals surface area contributed by atoms with Gasteiger partial charge in [-0.05, 0) is 11.1 Å². The van der Waals surface area contributed by atoms with Crippen molar-refractivity contribution in [3.05, 3.63) is 88.3 Å². The zero-order valence-electron chi connectivity index (χ0n) is 14.4. The van der Waals surface area contributed by atoms with Crippen LogP contribution < -0.4 is 10.9 Å². The summed E-state index contributed by atoms with van der Waals surface area (Å²) < 4.78 is 1.60. The molecule has 0 radical (unpaired) electrons. The normalized spacial score (nSPS) is 11.2. The van der Waals surface area contributed by atoms with E-state index in [9.17, 15) is 4.79 Å². The molecule has 6 nitrogen and oxygen atoms in total. The molecule has 0 amide bonds. The van der Waals surface area contributed by atoms with Crippen molar-refractivity contribution in [3.63, 3.8) is 0 Å². The Bertz CT molecular complexity index is 1030. The van der Waals surface area contributed by atoms with Crippen LogP contribution in [0.1, 0.15) is 17.0 Å². The van der Waals surface area contributed by atoms with Gasteiger partial charge >= 0.3 is 0 Å². The maximum Gasteiger partial charge on any atom is 0.263 e. The second-order valence-electron chi connectivity index (χ2n) is 6.17. The van der Waals surface area contributed by atoms with E-state index >= 15 is 0 Å². The van der Waals surface area contributed by atoms with Crippen LogP contribution in [-0.2, 0) is 7.05 Å². The lowest BCUT2D eigenvalue weighted by atomic mass is 9.91. The van der Waals surface area contributed by atoms with Gasteiger partial charge in [0, 0.05) is 19.5 Å². The van der Waals surface area contributed by atoms with Crippen molar-refractivity contribution >= 4 is 17.0 Å². The number of aromatic nitrogens is 4. The topological polar surface area (TPSA) is 75.6 Å². The number of fused-ring (bicyclic) bond motifs is 1. The quantitative estimate of drug-likeness (QED) is 0.583. The van der Waals surface area contributed by atoms with Crippen molar-refractivity contribution in [2.24, 2.45) is 7.05 Å². The summed E-state index contributed by atoms with van der Waals surface area (Å²) in [5.41, 5.74) is 2.78. The van der Waals surface area contributed by atoms with E-state index in [1.54, 1.807) is 11.7 Å². The molecule has 0 fully saturated rings. The molecule has 0 aliphatic carbocycles. The van der Waals surface area contributed by atoms with Crippen molar-refractivity contribution < 1.29 is 0 Å². The van der Waals surface area contributed by atoms with E-state index in [0.717, 1.165) is 0 Å². The molecule has 2 aromatic heterocycles. The highest BCUT2D eigenvalue weighted by molar-refractivity contribution is 5.74. The van der Waals surface area contributed by atoms with Gasteiger partial charge in [0.15, 0.2) is 5.65 Å². The van der Waals surface area contributed by atoms with Gasteiger partial charge in [-0.2, -0.15) is 10.1 Å². The predicted octanol–water partition coefficient (Wildman–Crippen LogP) is 2.90. The van der Waals surface area contributed by atoms with Gasteiger partial charge in [-0.25, -0.2) is 0 Å². The van der Waals surface area contributed by atoms with Crippen LogP contribution in [0.4, 0.5) is 5.95 Å². The molecule has 26 heavy (non-hydrogen) atoms. The van der Waals surface area contributed by atoms with Gasteiger partial charge in [0.25, 0.3) is 5.56 Å². The van der Waals surface area contributed by atoms with Gasteiger partial charge in [0.05, 0.1) is 6.20 Å². The van der Waals surface area contributed by atoms with E-state index in [1.807, 2.05) is 36.4 Å². The maximum atomic E-state index is 12.2. The van der Waals surface area contributed by atoms with E-state index in [-0.39, 0.29) is 11.5 Å². The van der Waals surface area contributed by atoms with Crippen molar-refractivity contribution in [2.75, 3.05) is 11.9 Å². The van der Waals surface area contributed by atoms with Crippen LogP contribution in [0.2, 0.25) is 0 Å². The van der Waals surface area contributed by atoms with Crippen molar-refractivity contribution in [1.82, 2.24) is 19.7 Å². The molecule has 0 bridgehead atoms. The van der Waals surface area contributed by atoms with Crippen LogP contribution in [0.5, 0.6) is 0 Å². The maximum absolute atomic E-state index is 12.2. The standard InChI is InChI=1S/C20H19N5O/c1-25-18-17(13-22-25)19(26)24-20(23-18)21-12-16(14-8-4-2-5-9-14)15-10-6-3-7-11-15/h2-11,13,16H,12H2,1H3,(H2,21,23,24,26). The fourth-order valence-corrected chi connectivity index (χ4v) is 3.11. The number of hydrogen-bond acceptors (Lipinski definition) is 4. The molecule has 0 atom stereocenters. The second-order valence-corrected chi connectivity index (χ2v) is 6.17. The lowest BCUT2D eigenvalue weighted by Crippen LogP contribution is -2.18. The summed E-state index contributed by atoms with van der Waals surface area (Å²) in [6.45, 7) is 0.611. The van der Waals surface area contributed by atoms with Crippen molar-refractivity contribution in [2.45, 2.75) is 5.92 Å². The van der Waals surface area contributed by atoms with Crippen LogP contribution in [0.3, 0.4) is 0 Å². The van der Waals surface area contributed by atoms with Crippen LogP contribution in [0, 0.1) is 0 Å². The highest BCUT2D eigenvalue weighted by Crippen LogP contribution is 2.24. The molecular formula is C20H19N5O. The summed E-state index contributed by atoms with van der Waals surface area (Å²) in [6.07, 6.45) is 1.53. The van der Waals surface area contributed by atoms with Crippen LogP contribution >= 0.6 is 0 Å². The number of hydrogen-bond donors (Lipinski definition) is 2. The molecule has 2 heterocycles. The zero-order valence-corrected chi connectivity index (χ0v) is 14.4. The Kier molecular flexibility index (Phi) is 4.23. The third-order valence-corrected chi connectivity index (χ3v) is 4.48. The van der Waals surface area contributed by atoms with Gasteiger partial charge in [-0.1, -0.05) is 60.7 Å². The third kappa shape index (κ3) is 3.09. The monoisotopic (exact) mass is 345 g/mol. The van der Waals surface area contributed by atoms with E-state index in [1.165, 1.54) is 17.3 Å². The van der Waals surface area contributed by atoms with E-state index in [2.05, 4.69) is 44.6 Å². The Labute approximate surface area is 150 Å². The van der Waals surface area contributed by atoms with Crippen molar-refractivity contribution in [1.29, 1.82) is 0 Å². The first-order chi connectivity index (χ1) is 12.7. The van der Waals surface area contributed by atoms with Gasteiger partial charge in [0.2, 0.25) is 5.95 Å². The molecule has 0 spiro atoms. The molecule has 0 saturated heterocycles. The first-order valence-electron chi connectivity index (χ1n) is 8.48. The number of aromatic amines is 1. The number of benzene rings is 2. The Hall–Kier alpha value is -3.41. The molecule has 2 aromatic carbocycles. The molecule has 0 unspecified atom stereocenters. The average Bonchev–Trinajstić information content (AvgIpc) is 3.05. The number of nitrogens with one attached hydrogen (secondary N) is 2. The summed E-state index contributed by atoms with van der Waals surface area (Å²) >= 11 is 0. The van der Waals surface area contributed by atoms with Gasteiger partial charge in [0.1, 0.15) is 5.39 Å². The van der Waals surface area contributed by atoms with E-state index in [0.29, 0.717) is 23.5 Å². The molecule has 0 aliphatic rings. The number of H-pyrrole nitrogens is 1. The molecular weight excluding hydrogens is 326 g/mol. The number of anilines is 1. The largest absolute Gasteiger partial charge is 0.355 e. The fraction of sp³-hybridized carbons (Fsp3) is 0.150. The van der Waals surface area contributed by atoms with Crippen LogP contribution in [0.25, 0.3) is 11.0 Å². The summed E-state index contributed by atoms with van der Waals surface area (Å²) in [4.78, 5) is 19.5. The minimum absolute atomic E-state index is 0.143. The van der Waals surface area contributed by atoms with Crippen LogP contribution in [-0.4, -0.2) is 26.3 Å². The fourth-order valence-electron chi connectivity index (χ4n) is 3.11. The summed E-state index contributed by atoms with van der Waals surface area (Å²) in [7, 11) is 1.77. The molecule has 4 aromatic rings. The lowest BCUT2D eigenvalue weighted by molar-refractivity contribution is 0.783. The van der Waals surface area contributed by atoms with Gasteiger partial charge in [-0.15, -0.1) is 0 Å². The molecule has 0 aliphatic heterocycles.